The number of hydrogen-bond donors (Lipinski definition) is 0. The molecule has 5 heteroatoms. The third kappa shape index (κ3) is 1.84. The summed E-state index contributed by atoms with van der Waals surface area (Å²) < 4.78 is 15.4. The van der Waals surface area contributed by atoms with Crippen LogP contribution >= 0.6 is 0 Å². The van der Waals surface area contributed by atoms with E-state index >= 15 is 0 Å². The molecule has 18 heavy (non-hydrogen) atoms. The Morgan fingerprint density at radius 2 is 1.78 bits per heavy atom. The summed E-state index contributed by atoms with van der Waals surface area (Å²) in [7, 11) is 2.97. The molecule has 1 heterocycles. The molecular formula is C13H12O5. The molecule has 94 valence electrons. The largest absolute Gasteiger partial charge is 0.496 e. The second-order valence-corrected chi connectivity index (χ2v) is 3.72. The van der Waals surface area contributed by atoms with Crippen molar-refractivity contribution in [1.29, 1.82) is 0 Å². The van der Waals surface area contributed by atoms with Crippen LogP contribution in [0.5, 0.6) is 11.5 Å². The fraction of sp³-hybridized carbons (Fsp3) is 0.231. The Bertz CT molecular complexity index is 669. The van der Waals surface area contributed by atoms with Crippen molar-refractivity contribution in [3.05, 3.63) is 34.2 Å². The Morgan fingerprint density at radius 3 is 2.33 bits per heavy atom. The van der Waals surface area contributed by atoms with Gasteiger partial charge in [-0.05, 0) is 25.1 Å². The van der Waals surface area contributed by atoms with Crippen LogP contribution in [0.3, 0.4) is 0 Å². The van der Waals surface area contributed by atoms with Crippen LogP contribution in [0.1, 0.15) is 17.3 Å². The highest BCUT2D eigenvalue weighted by Gasteiger charge is 2.15. The van der Waals surface area contributed by atoms with Gasteiger partial charge < -0.3 is 13.9 Å². The molecule has 0 saturated carbocycles. The average Bonchev–Trinajstić information content (AvgIpc) is 2.36. The zero-order valence-electron chi connectivity index (χ0n) is 10.3. The number of methoxy groups -OCH3 is 2. The Hall–Kier alpha value is -2.30. The highest BCUT2D eigenvalue weighted by Crippen LogP contribution is 2.32. The van der Waals surface area contributed by atoms with E-state index in [2.05, 4.69) is 0 Å². The van der Waals surface area contributed by atoms with Crippen molar-refractivity contribution in [1.82, 2.24) is 0 Å². The number of ketones is 1. The summed E-state index contributed by atoms with van der Waals surface area (Å²) in [6.07, 6.45) is 0. The van der Waals surface area contributed by atoms with Crippen LogP contribution in [-0.4, -0.2) is 20.0 Å². The molecule has 2 rings (SSSR count). The summed E-state index contributed by atoms with van der Waals surface area (Å²) in [5.74, 6) is 0.575. The molecule has 0 aliphatic rings. The number of benzene rings is 1. The van der Waals surface area contributed by atoms with Crippen LogP contribution in [-0.2, 0) is 0 Å². The van der Waals surface area contributed by atoms with Gasteiger partial charge in [0.2, 0.25) is 0 Å². The van der Waals surface area contributed by atoms with E-state index in [1.54, 1.807) is 12.1 Å². The van der Waals surface area contributed by atoms with E-state index in [0.29, 0.717) is 16.9 Å². The number of rotatable bonds is 3. The molecule has 2 aromatic rings. The number of hydrogen-bond acceptors (Lipinski definition) is 5. The first-order chi connectivity index (χ1) is 8.58. The zero-order chi connectivity index (χ0) is 13.3. The van der Waals surface area contributed by atoms with Gasteiger partial charge in [0.05, 0.1) is 19.6 Å². The Labute approximate surface area is 103 Å². The minimum absolute atomic E-state index is 0.00551. The molecule has 5 nitrogen and oxygen atoms in total. The van der Waals surface area contributed by atoms with Gasteiger partial charge in [-0.3, -0.25) is 4.79 Å². The average molecular weight is 248 g/mol. The summed E-state index contributed by atoms with van der Waals surface area (Å²) >= 11 is 0. The fourth-order valence-electron chi connectivity index (χ4n) is 1.74. The van der Waals surface area contributed by atoms with Gasteiger partial charge in [0, 0.05) is 0 Å². The molecule has 0 atom stereocenters. The van der Waals surface area contributed by atoms with Crippen molar-refractivity contribution in [2.75, 3.05) is 14.2 Å². The first-order valence-electron chi connectivity index (χ1n) is 5.28. The van der Waals surface area contributed by atoms with Crippen molar-refractivity contribution >= 4 is 16.8 Å². The molecule has 0 fully saturated rings. The van der Waals surface area contributed by atoms with E-state index in [9.17, 15) is 9.59 Å². The highest BCUT2D eigenvalue weighted by atomic mass is 16.5. The minimum Gasteiger partial charge on any atom is -0.496 e. The number of fused-ring (bicyclic) bond motifs is 1. The molecule has 0 saturated heterocycles. The normalized spacial score (nSPS) is 10.4. The van der Waals surface area contributed by atoms with E-state index < -0.39 is 5.63 Å². The van der Waals surface area contributed by atoms with E-state index in [0.717, 1.165) is 0 Å². The lowest BCUT2D eigenvalue weighted by Crippen LogP contribution is -2.11. The summed E-state index contributed by atoms with van der Waals surface area (Å²) in [6.45, 7) is 1.31. The second-order valence-electron chi connectivity index (χ2n) is 3.72. The van der Waals surface area contributed by atoms with Crippen LogP contribution in [0.4, 0.5) is 0 Å². The Morgan fingerprint density at radius 1 is 1.17 bits per heavy atom. The van der Waals surface area contributed by atoms with Crippen LogP contribution in [0, 0.1) is 0 Å². The lowest BCUT2D eigenvalue weighted by molar-refractivity contribution is 0.101. The van der Waals surface area contributed by atoms with Crippen LogP contribution in [0.15, 0.2) is 27.4 Å². The Balaban J connectivity index is 2.90. The lowest BCUT2D eigenvalue weighted by Gasteiger charge is -2.08. The van der Waals surface area contributed by atoms with Crippen LogP contribution in [0.2, 0.25) is 0 Å². The summed E-state index contributed by atoms with van der Waals surface area (Å²) in [6, 6.07) is 4.79. The van der Waals surface area contributed by atoms with E-state index in [1.165, 1.54) is 27.2 Å². The maximum absolute atomic E-state index is 11.7. The van der Waals surface area contributed by atoms with Gasteiger partial charge in [-0.15, -0.1) is 0 Å². The van der Waals surface area contributed by atoms with Crippen molar-refractivity contribution in [2.45, 2.75) is 6.92 Å². The lowest BCUT2D eigenvalue weighted by atomic mass is 10.1. The van der Waals surface area contributed by atoms with Gasteiger partial charge in [-0.2, -0.15) is 0 Å². The number of carbonyl (C=O) groups is 1. The smallest absolute Gasteiger partial charge is 0.347 e. The monoisotopic (exact) mass is 248 g/mol. The quantitative estimate of drug-likeness (QED) is 0.614. The molecule has 0 spiro atoms. The van der Waals surface area contributed by atoms with E-state index in [1.807, 2.05) is 0 Å². The molecule has 0 radical (unpaired) electrons. The van der Waals surface area contributed by atoms with Crippen molar-refractivity contribution < 1.29 is 18.7 Å². The van der Waals surface area contributed by atoms with Gasteiger partial charge in [-0.25, -0.2) is 4.79 Å². The van der Waals surface area contributed by atoms with Gasteiger partial charge in [-0.1, -0.05) is 0 Å². The third-order valence-corrected chi connectivity index (χ3v) is 2.64. The molecule has 0 bridgehead atoms. The molecule has 0 aliphatic carbocycles. The number of ether oxygens (including phenoxy) is 2. The van der Waals surface area contributed by atoms with Gasteiger partial charge in [0.15, 0.2) is 17.1 Å². The Kier molecular flexibility index (Phi) is 3.06. The second kappa shape index (κ2) is 4.52. The number of carbonyl (C=O) groups excluding carboxylic acids is 1. The van der Waals surface area contributed by atoms with Crippen LogP contribution in [0.25, 0.3) is 11.0 Å². The molecule has 0 aliphatic heterocycles. The first kappa shape index (κ1) is 12.2. The fourth-order valence-corrected chi connectivity index (χ4v) is 1.74. The van der Waals surface area contributed by atoms with Gasteiger partial charge in [0.1, 0.15) is 11.3 Å². The molecule has 1 aromatic heterocycles. The maximum Gasteiger partial charge on any atom is 0.347 e. The standard InChI is InChI=1S/C13H12O5/c1-7(14)8-6-9-10(16-2)4-5-11(17-3)12(9)18-13(8)15/h4-6H,1-3H3. The molecule has 0 unspecified atom stereocenters. The van der Waals surface area contributed by atoms with Crippen LogP contribution < -0.4 is 15.1 Å². The zero-order valence-corrected chi connectivity index (χ0v) is 10.3. The van der Waals surface area contributed by atoms with Gasteiger partial charge in [0.25, 0.3) is 0 Å². The molecular weight excluding hydrogens is 236 g/mol. The summed E-state index contributed by atoms with van der Waals surface area (Å²) in [5.41, 5.74) is -0.414. The minimum atomic E-state index is -0.679. The van der Waals surface area contributed by atoms with Crippen molar-refractivity contribution in [2.24, 2.45) is 0 Å². The topological polar surface area (TPSA) is 65.7 Å². The van der Waals surface area contributed by atoms with Gasteiger partial charge >= 0.3 is 5.63 Å². The summed E-state index contributed by atoms with van der Waals surface area (Å²) in [5, 5.41) is 0.529. The number of Topliss-reactive ketones (excluding diaryl/α,β-unsaturated/α-hetero) is 1. The highest BCUT2D eigenvalue weighted by molar-refractivity contribution is 5.98. The SMILES string of the molecule is COc1ccc(OC)c2oc(=O)c(C(C)=O)cc12. The third-order valence-electron chi connectivity index (χ3n) is 2.64. The summed E-state index contributed by atoms with van der Waals surface area (Å²) in [4.78, 5) is 23.0. The molecule has 0 N–H and O–H groups in total. The van der Waals surface area contributed by atoms with Crippen molar-refractivity contribution in [3.63, 3.8) is 0 Å². The first-order valence-corrected chi connectivity index (χ1v) is 5.28. The van der Waals surface area contributed by atoms with Crippen molar-refractivity contribution in [3.8, 4) is 11.5 Å². The molecule has 0 amide bonds. The molecule has 1 aromatic carbocycles. The van der Waals surface area contributed by atoms with E-state index in [-0.39, 0.29) is 16.9 Å². The van der Waals surface area contributed by atoms with E-state index in [4.69, 9.17) is 13.9 Å². The predicted octanol–water partition coefficient (Wildman–Crippen LogP) is 2.01. The maximum atomic E-state index is 11.7. The predicted molar refractivity (Wildman–Crippen MR) is 65.6 cm³/mol.